The van der Waals surface area contributed by atoms with Gasteiger partial charge in [-0.15, -0.1) is 0 Å². The first kappa shape index (κ1) is 18.4. The summed E-state index contributed by atoms with van der Waals surface area (Å²) in [5.74, 6) is 0.125. The van der Waals surface area contributed by atoms with Crippen molar-refractivity contribution in [2.24, 2.45) is 0 Å². The highest BCUT2D eigenvalue weighted by molar-refractivity contribution is 6.31. The van der Waals surface area contributed by atoms with Gasteiger partial charge in [-0.2, -0.15) is 0 Å². The molecule has 0 aliphatic carbocycles. The number of carbonyl (C=O) groups is 1. The van der Waals surface area contributed by atoms with Crippen LogP contribution in [0.1, 0.15) is 15.9 Å². The van der Waals surface area contributed by atoms with Crippen LogP contribution in [0.4, 0.5) is 11.4 Å². The third-order valence-corrected chi connectivity index (χ3v) is 4.13. The van der Waals surface area contributed by atoms with Gasteiger partial charge in [0.25, 0.3) is 11.6 Å². The van der Waals surface area contributed by atoms with Crippen LogP contribution in [0.3, 0.4) is 0 Å². The van der Waals surface area contributed by atoms with E-state index in [4.69, 9.17) is 16.3 Å². The Morgan fingerprint density at radius 2 is 1.81 bits per heavy atom. The molecule has 0 aliphatic rings. The first-order valence-corrected chi connectivity index (χ1v) is 8.43. The number of anilines is 1. The Kier molecular flexibility index (Phi) is 5.68. The normalized spacial score (nSPS) is 10.3. The first-order valence-electron chi connectivity index (χ1n) is 8.05. The van der Waals surface area contributed by atoms with Gasteiger partial charge in [-0.1, -0.05) is 41.9 Å². The Morgan fingerprint density at radius 1 is 1.04 bits per heavy atom. The van der Waals surface area contributed by atoms with Crippen LogP contribution in [0, 0.1) is 10.1 Å². The molecule has 0 saturated carbocycles. The van der Waals surface area contributed by atoms with Crippen molar-refractivity contribution in [2.45, 2.75) is 6.61 Å². The summed E-state index contributed by atoms with van der Waals surface area (Å²) in [5, 5.41) is 14.1. The van der Waals surface area contributed by atoms with Gasteiger partial charge >= 0.3 is 0 Å². The van der Waals surface area contributed by atoms with Crippen molar-refractivity contribution < 1.29 is 14.5 Å². The van der Waals surface area contributed by atoms with Crippen molar-refractivity contribution >= 4 is 28.9 Å². The predicted octanol–water partition coefficient (Wildman–Crippen LogP) is 5.08. The summed E-state index contributed by atoms with van der Waals surface area (Å²) in [6.07, 6.45) is 0. The van der Waals surface area contributed by atoms with Crippen LogP contribution in [-0.2, 0) is 6.61 Å². The van der Waals surface area contributed by atoms with E-state index in [1.807, 2.05) is 18.2 Å². The van der Waals surface area contributed by atoms with Gasteiger partial charge in [0.15, 0.2) is 0 Å². The average Bonchev–Trinajstić information content (AvgIpc) is 2.68. The largest absolute Gasteiger partial charge is 0.489 e. The average molecular weight is 383 g/mol. The molecule has 27 heavy (non-hydrogen) atoms. The molecule has 0 radical (unpaired) electrons. The van der Waals surface area contributed by atoms with Crippen LogP contribution in [0.25, 0.3) is 0 Å². The summed E-state index contributed by atoms with van der Waals surface area (Å²) in [6.45, 7) is 0.273. The number of benzene rings is 3. The molecule has 0 atom stereocenters. The van der Waals surface area contributed by atoms with Crippen LogP contribution in [0.5, 0.6) is 5.75 Å². The molecule has 0 unspecified atom stereocenters. The van der Waals surface area contributed by atoms with Gasteiger partial charge in [-0.05, 0) is 30.3 Å². The first-order chi connectivity index (χ1) is 13.0. The molecule has 136 valence electrons. The molecule has 3 aromatic rings. The molecule has 0 aromatic heterocycles. The fourth-order valence-electron chi connectivity index (χ4n) is 2.40. The van der Waals surface area contributed by atoms with Crippen molar-refractivity contribution in [2.75, 3.05) is 5.32 Å². The lowest BCUT2D eigenvalue weighted by atomic mass is 10.2. The molecule has 3 aromatic carbocycles. The van der Waals surface area contributed by atoms with Crippen LogP contribution in [0.2, 0.25) is 5.02 Å². The van der Waals surface area contributed by atoms with Gasteiger partial charge in [0.1, 0.15) is 12.4 Å². The van der Waals surface area contributed by atoms with Crippen LogP contribution in [-0.4, -0.2) is 10.8 Å². The van der Waals surface area contributed by atoms with E-state index in [2.05, 4.69) is 5.32 Å². The van der Waals surface area contributed by atoms with E-state index in [0.29, 0.717) is 22.0 Å². The summed E-state index contributed by atoms with van der Waals surface area (Å²) < 4.78 is 5.71. The number of ether oxygens (including phenoxy) is 1. The third kappa shape index (κ3) is 4.83. The molecule has 1 N–H and O–H groups in total. The van der Waals surface area contributed by atoms with Crippen molar-refractivity contribution in [3.05, 3.63) is 99.1 Å². The molecular weight excluding hydrogens is 368 g/mol. The molecule has 0 fully saturated rings. The molecular formula is C20H15ClN2O4. The van der Waals surface area contributed by atoms with Gasteiger partial charge in [0.05, 0.1) is 4.92 Å². The number of rotatable bonds is 6. The van der Waals surface area contributed by atoms with Crippen molar-refractivity contribution in [1.82, 2.24) is 0 Å². The Labute approximate surface area is 160 Å². The van der Waals surface area contributed by atoms with Crippen LogP contribution < -0.4 is 10.1 Å². The summed E-state index contributed by atoms with van der Waals surface area (Å²) in [4.78, 5) is 22.7. The lowest BCUT2D eigenvalue weighted by Gasteiger charge is -2.10. The van der Waals surface area contributed by atoms with E-state index in [1.54, 1.807) is 36.4 Å². The highest BCUT2D eigenvalue weighted by atomic mass is 35.5. The van der Waals surface area contributed by atoms with E-state index in [9.17, 15) is 14.9 Å². The molecule has 0 spiro atoms. The van der Waals surface area contributed by atoms with Crippen LogP contribution in [0.15, 0.2) is 72.8 Å². The summed E-state index contributed by atoms with van der Waals surface area (Å²) in [5.41, 5.74) is 1.46. The number of amides is 1. The van der Waals surface area contributed by atoms with Crippen molar-refractivity contribution in [3.8, 4) is 5.75 Å². The van der Waals surface area contributed by atoms with Gasteiger partial charge in [-0.3, -0.25) is 14.9 Å². The lowest BCUT2D eigenvalue weighted by molar-refractivity contribution is -0.384. The minimum atomic E-state index is -0.515. The molecule has 7 heteroatoms. The number of halogens is 1. The number of nitrogens with one attached hydrogen (secondary N) is 1. The number of nitro groups is 1. The van der Waals surface area contributed by atoms with Gasteiger partial charge in [0.2, 0.25) is 0 Å². The monoisotopic (exact) mass is 382 g/mol. The zero-order chi connectivity index (χ0) is 19.2. The van der Waals surface area contributed by atoms with Crippen LogP contribution >= 0.6 is 11.6 Å². The Bertz CT molecular complexity index is 991. The fourth-order valence-corrected chi connectivity index (χ4v) is 2.59. The smallest absolute Gasteiger partial charge is 0.271 e. The Balaban J connectivity index is 1.69. The quantitative estimate of drug-likeness (QED) is 0.476. The topological polar surface area (TPSA) is 81.5 Å². The maximum Gasteiger partial charge on any atom is 0.271 e. The number of carbonyl (C=O) groups excluding carboxylic acids is 1. The lowest BCUT2D eigenvalue weighted by Crippen LogP contribution is -2.12. The second-order valence-corrected chi connectivity index (χ2v) is 6.08. The molecule has 1 amide bonds. The molecule has 3 rings (SSSR count). The minimum absolute atomic E-state index is 0.0929. The van der Waals surface area contributed by atoms with E-state index in [-0.39, 0.29) is 12.3 Å². The summed E-state index contributed by atoms with van der Waals surface area (Å²) in [6, 6.07) is 19.8. The van der Waals surface area contributed by atoms with Crippen molar-refractivity contribution in [3.63, 3.8) is 0 Å². The van der Waals surface area contributed by atoms with Gasteiger partial charge < -0.3 is 10.1 Å². The number of nitro benzene ring substituents is 1. The fraction of sp³-hybridized carbons (Fsp3) is 0.0500. The minimum Gasteiger partial charge on any atom is -0.489 e. The zero-order valence-electron chi connectivity index (χ0n) is 14.1. The standard InChI is InChI=1S/C20H15ClN2O4/c21-19-10-2-1-5-15(19)13-27-18-9-3-6-14(11-18)20(24)22-16-7-4-8-17(12-16)23(25)26/h1-12H,13H2,(H,22,24). The molecule has 0 heterocycles. The molecule has 6 nitrogen and oxygen atoms in total. The predicted molar refractivity (Wildman–Crippen MR) is 103 cm³/mol. The second-order valence-electron chi connectivity index (χ2n) is 5.67. The third-order valence-electron chi connectivity index (χ3n) is 3.76. The number of non-ortho nitro benzene ring substituents is 1. The highest BCUT2D eigenvalue weighted by Gasteiger charge is 2.11. The zero-order valence-corrected chi connectivity index (χ0v) is 14.8. The van der Waals surface area contributed by atoms with E-state index in [0.717, 1.165) is 5.56 Å². The van der Waals surface area contributed by atoms with E-state index in [1.165, 1.54) is 18.2 Å². The number of hydrogen-bond acceptors (Lipinski definition) is 4. The molecule has 0 saturated heterocycles. The second kappa shape index (κ2) is 8.33. The maximum absolute atomic E-state index is 12.4. The van der Waals surface area contributed by atoms with E-state index >= 15 is 0 Å². The van der Waals surface area contributed by atoms with E-state index < -0.39 is 10.8 Å². The maximum atomic E-state index is 12.4. The van der Waals surface area contributed by atoms with Gasteiger partial charge in [0, 0.05) is 34.0 Å². The summed E-state index contributed by atoms with van der Waals surface area (Å²) >= 11 is 6.11. The van der Waals surface area contributed by atoms with Crippen molar-refractivity contribution in [1.29, 1.82) is 0 Å². The molecule has 0 aliphatic heterocycles. The Morgan fingerprint density at radius 3 is 2.59 bits per heavy atom. The Hall–Kier alpha value is -3.38. The molecule has 0 bridgehead atoms. The SMILES string of the molecule is O=C(Nc1cccc([N+](=O)[O-])c1)c1cccc(OCc2ccccc2Cl)c1. The number of nitrogens with zero attached hydrogens (tertiary/aromatic N) is 1. The number of hydrogen-bond donors (Lipinski definition) is 1. The van der Waals surface area contributed by atoms with Gasteiger partial charge in [-0.25, -0.2) is 0 Å². The highest BCUT2D eigenvalue weighted by Crippen LogP contribution is 2.21. The summed E-state index contributed by atoms with van der Waals surface area (Å²) in [7, 11) is 0.